The van der Waals surface area contributed by atoms with Crippen LogP contribution in [-0.2, 0) is 5.41 Å². The molecule has 0 N–H and O–H groups in total. The van der Waals surface area contributed by atoms with Crippen LogP contribution < -0.4 is 9.47 Å². The molecule has 0 unspecified atom stereocenters. The maximum Gasteiger partial charge on any atom is 0.120 e. The number of halogens is 1. The largest absolute Gasteiger partial charge is 0.497 e. The monoisotopic (exact) mass is 549 g/mol. The van der Waals surface area contributed by atoms with Crippen molar-refractivity contribution in [2.75, 3.05) is 14.2 Å². The van der Waals surface area contributed by atoms with Gasteiger partial charge in [0, 0.05) is 42.7 Å². The zero-order valence-electron chi connectivity index (χ0n) is 22.6. The molecule has 194 valence electrons. The first-order valence-corrected chi connectivity index (χ1v) is 14.2. The minimum atomic E-state index is -0.0126. The Labute approximate surface area is 236 Å². The molecule has 0 saturated carbocycles. The van der Waals surface area contributed by atoms with E-state index in [2.05, 4.69) is 92.1 Å². The Morgan fingerprint density at radius 1 is 0.667 bits per heavy atom. The second-order valence-corrected chi connectivity index (χ2v) is 12.7. The lowest BCUT2D eigenvalue weighted by molar-refractivity contribution is 0.415. The van der Waals surface area contributed by atoms with Gasteiger partial charge in [-0.15, -0.1) is 11.3 Å². The minimum absolute atomic E-state index is 0.0126. The van der Waals surface area contributed by atoms with Crippen molar-refractivity contribution >= 4 is 75.7 Å². The van der Waals surface area contributed by atoms with Gasteiger partial charge in [-0.2, -0.15) is 0 Å². The maximum atomic E-state index is 7.07. The highest BCUT2D eigenvalue weighted by atomic mass is 35.5. The molecule has 3 nitrogen and oxygen atoms in total. The summed E-state index contributed by atoms with van der Waals surface area (Å²) in [7, 11) is 3.42. The molecule has 0 aliphatic carbocycles. The van der Waals surface area contributed by atoms with Gasteiger partial charge in [-0.1, -0.05) is 38.4 Å². The van der Waals surface area contributed by atoms with E-state index in [1.807, 2.05) is 12.1 Å². The fraction of sp³-hybridized carbons (Fsp3) is 0.176. The van der Waals surface area contributed by atoms with E-state index in [0.29, 0.717) is 0 Å². The fourth-order valence-corrected chi connectivity index (χ4v) is 7.13. The number of fused-ring (bicyclic) bond motifs is 7. The molecule has 0 aliphatic heterocycles. The molecule has 0 radical (unpaired) electrons. The Morgan fingerprint density at radius 3 is 2.13 bits per heavy atom. The highest BCUT2D eigenvalue weighted by Crippen LogP contribution is 2.42. The summed E-state index contributed by atoms with van der Waals surface area (Å²) in [4.78, 5) is 0. The van der Waals surface area contributed by atoms with Crippen molar-refractivity contribution in [1.29, 1.82) is 0 Å². The van der Waals surface area contributed by atoms with Crippen LogP contribution in [0.2, 0.25) is 5.02 Å². The van der Waals surface area contributed by atoms with E-state index in [4.69, 9.17) is 21.1 Å². The molecular weight excluding hydrogens is 522 g/mol. The zero-order valence-corrected chi connectivity index (χ0v) is 24.1. The van der Waals surface area contributed by atoms with Crippen molar-refractivity contribution < 1.29 is 9.47 Å². The summed E-state index contributed by atoms with van der Waals surface area (Å²) in [5, 5.41) is 8.00. The van der Waals surface area contributed by atoms with Crippen LogP contribution in [0.15, 0.2) is 78.9 Å². The number of aromatic nitrogens is 1. The topological polar surface area (TPSA) is 23.4 Å². The number of ether oxygens (including phenoxy) is 2. The van der Waals surface area contributed by atoms with E-state index >= 15 is 0 Å². The van der Waals surface area contributed by atoms with E-state index in [0.717, 1.165) is 44.0 Å². The standard InChI is InChI=1S/C34H28ClNO2S/c1-34(2,3)21-15-28-25-10-8-23(37-4)17-30(25)36(33(28)29(35)16-21)22-7-6-19-13-27-26-11-9-24(38-5)18-32(26)39-31(27)14-20(19)12-22/h6-18H,1-5H3. The lowest BCUT2D eigenvalue weighted by atomic mass is 9.86. The van der Waals surface area contributed by atoms with E-state index < -0.39 is 0 Å². The predicted octanol–water partition coefficient (Wildman–Crippen LogP) is 10.3. The number of hydrogen-bond acceptors (Lipinski definition) is 3. The molecule has 0 atom stereocenters. The molecule has 0 spiro atoms. The van der Waals surface area contributed by atoms with Crippen molar-refractivity contribution in [2.24, 2.45) is 0 Å². The Morgan fingerprint density at radius 2 is 1.38 bits per heavy atom. The second-order valence-electron chi connectivity index (χ2n) is 11.2. The van der Waals surface area contributed by atoms with Crippen LogP contribution in [0.3, 0.4) is 0 Å². The molecule has 0 bridgehead atoms. The summed E-state index contributed by atoms with van der Waals surface area (Å²) in [6.07, 6.45) is 0. The van der Waals surface area contributed by atoms with Gasteiger partial charge in [0.2, 0.25) is 0 Å². The lowest BCUT2D eigenvalue weighted by Gasteiger charge is -2.20. The smallest absolute Gasteiger partial charge is 0.120 e. The minimum Gasteiger partial charge on any atom is -0.497 e. The molecule has 5 heteroatoms. The summed E-state index contributed by atoms with van der Waals surface area (Å²) < 4.78 is 15.9. The molecule has 7 rings (SSSR count). The summed E-state index contributed by atoms with van der Waals surface area (Å²) in [5.74, 6) is 1.70. The Kier molecular flexibility index (Phi) is 5.39. The van der Waals surface area contributed by atoms with Gasteiger partial charge in [-0.25, -0.2) is 0 Å². The van der Waals surface area contributed by atoms with Crippen molar-refractivity contribution in [2.45, 2.75) is 26.2 Å². The molecule has 0 amide bonds. The van der Waals surface area contributed by atoms with Crippen LogP contribution >= 0.6 is 22.9 Å². The molecule has 0 aliphatic rings. The van der Waals surface area contributed by atoms with Crippen LogP contribution in [-0.4, -0.2) is 18.8 Å². The number of benzene rings is 5. The Balaban J connectivity index is 1.51. The van der Waals surface area contributed by atoms with E-state index in [1.165, 1.54) is 36.5 Å². The first kappa shape index (κ1) is 24.3. The van der Waals surface area contributed by atoms with Crippen molar-refractivity contribution in [3.63, 3.8) is 0 Å². The van der Waals surface area contributed by atoms with Gasteiger partial charge >= 0.3 is 0 Å². The number of nitrogens with zero attached hydrogens (tertiary/aromatic N) is 1. The number of methoxy groups -OCH3 is 2. The third kappa shape index (κ3) is 3.77. The normalized spacial score (nSPS) is 12.4. The molecular formula is C34H28ClNO2S. The van der Waals surface area contributed by atoms with E-state index in [1.54, 1.807) is 25.6 Å². The predicted molar refractivity (Wildman–Crippen MR) is 168 cm³/mol. The molecule has 0 fully saturated rings. The first-order chi connectivity index (χ1) is 18.7. The van der Waals surface area contributed by atoms with Crippen molar-refractivity contribution in [3.8, 4) is 17.2 Å². The molecule has 39 heavy (non-hydrogen) atoms. The summed E-state index contributed by atoms with van der Waals surface area (Å²) in [5.41, 5.74) is 4.37. The van der Waals surface area contributed by atoms with Gasteiger partial charge in [0.15, 0.2) is 0 Å². The SMILES string of the molecule is COc1ccc2c(c1)sc1cc3cc(-n4c5cc(OC)ccc5c5cc(C(C)(C)C)cc(Cl)c54)ccc3cc12. The van der Waals surface area contributed by atoms with Crippen molar-refractivity contribution in [3.05, 3.63) is 89.4 Å². The van der Waals surface area contributed by atoms with Gasteiger partial charge in [0.05, 0.1) is 30.3 Å². The number of rotatable bonds is 3. The Hall–Kier alpha value is -3.73. The first-order valence-electron chi connectivity index (χ1n) is 13.0. The van der Waals surface area contributed by atoms with E-state index in [-0.39, 0.29) is 5.41 Å². The highest BCUT2D eigenvalue weighted by Gasteiger charge is 2.21. The van der Waals surface area contributed by atoms with Crippen molar-refractivity contribution in [1.82, 2.24) is 4.57 Å². The highest BCUT2D eigenvalue weighted by molar-refractivity contribution is 7.25. The van der Waals surface area contributed by atoms with Gasteiger partial charge in [-0.05, 0) is 88.5 Å². The van der Waals surface area contributed by atoms with Crippen LogP contribution in [0, 0.1) is 0 Å². The molecule has 0 saturated heterocycles. The van der Waals surface area contributed by atoms with Gasteiger partial charge < -0.3 is 14.0 Å². The molecule has 5 aromatic carbocycles. The molecule has 7 aromatic rings. The fourth-order valence-electron chi connectivity index (χ4n) is 5.66. The van der Waals surface area contributed by atoms with Crippen LogP contribution in [0.4, 0.5) is 0 Å². The van der Waals surface area contributed by atoms with Gasteiger partial charge in [0.25, 0.3) is 0 Å². The second kappa shape index (κ2) is 8.64. The lowest BCUT2D eigenvalue weighted by Crippen LogP contribution is -2.10. The van der Waals surface area contributed by atoms with E-state index in [9.17, 15) is 0 Å². The average molecular weight is 550 g/mol. The summed E-state index contributed by atoms with van der Waals surface area (Å²) in [6.45, 7) is 6.67. The van der Waals surface area contributed by atoms with Gasteiger partial charge in [0.1, 0.15) is 11.5 Å². The van der Waals surface area contributed by atoms with Crippen LogP contribution in [0.1, 0.15) is 26.3 Å². The third-order valence-corrected chi connectivity index (χ3v) is 9.17. The average Bonchev–Trinajstić information content (AvgIpc) is 3.45. The number of hydrogen-bond donors (Lipinski definition) is 0. The maximum absolute atomic E-state index is 7.07. The number of thiophene rings is 1. The molecule has 2 heterocycles. The quantitative estimate of drug-likeness (QED) is 0.219. The van der Waals surface area contributed by atoms with Gasteiger partial charge in [-0.3, -0.25) is 0 Å². The van der Waals surface area contributed by atoms with Crippen LogP contribution in [0.5, 0.6) is 11.5 Å². The zero-order chi connectivity index (χ0) is 27.1. The van der Waals surface area contributed by atoms with Crippen LogP contribution in [0.25, 0.3) is 58.4 Å². The third-order valence-electron chi connectivity index (χ3n) is 7.77. The summed E-state index contributed by atoms with van der Waals surface area (Å²) in [6, 6.07) is 28.3. The summed E-state index contributed by atoms with van der Waals surface area (Å²) >= 11 is 8.88. The molecule has 2 aromatic heterocycles. The Bertz CT molecular complexity index is 2090.